The number of nitrogens with zero attached hydrogens (tertiary/aromatic N) is 1. The molecule has 0 saturated carbocycles. The zero-order valence-electron chi connectivity index (χ0n) is 8.07. The molecular formula is C10H11BrN2OS. The molecule has 0 aliphatic rings. The van der Waals surface area contributed by atoms with Gasteiger partial charge in [0.05, 0.1) is 23.4 Å². The van der Waals surface area contributed by atoms with Gasteiger partial charge in [-0.1, -0.05) is 15.9 Å². The Bertz CT molecular complexity index is 458. The molecule has 15 heavy (non-hydrogen) atoms. The fourth-order valence-electron chi connectivity index (χ4n) is 1.25. The van der Waals surface area contributed by atoms with Crippen molar-refractivity contribution < 1.29 is 4.74 Å². The summed E-state index contributed by atoms with van der Waals surface area (Å²) in [6, 6.07) is 6.09. The molecule has 2 aromatic rings. The lowest BCUT2D eigenvalue weighted by atomic mass is 10.3. The first-order chi connectivity index (χ1) is 7.29. The number of fused-ring (bicyclic) bond motifs is 1. The fraction of sp³-hybridized carbons (Fsp3) is 0.300. The number of hydrogen-bond donors (Lipinski definition) is 1. The molecule has 0 aliphatic carbocycles. The van der Waals surface area contributed by atoms with E-state index in [-0.39, 0.29) is 0 Å². The Morgan fingerprint density at radius 1 is 1.47 bits per heavy atom. The minimum atomic E-state index is 0.550. The van der Waals surface area contributed by atoms with Gasteiger partial charge in [0.2, 0.25) is 0 Å². The Labute approximate surface area is 100 Å². The fourth-order valence-corrected chi connectivity index (χ4v) is 2.49. The van der Waals surface area contributed by atoms with E-state index in [4.69, 9.17) is 10.5 Å². The van der Waals surface area contributed by atoms with Gasteiger partial charge in [0.25, 0.3) is 0 Å². The van der Waals surface area contributed by atoms with E-state index >= 15 is 0 Å². The highest BCUT2D eigenvalue weighted by molar-refractivity contribution is 9.10. The Kier molecular flexibility index (Phi) is 3.69. The van der Waals surface area contributed by atoms with Crippen LogP contribution in [0.4, 0.5) is 0 Å². The molecule has 0 spiro atoms. The van der Waals surface area contributed by atoms with E-state index in [0.29, 0.717) is 19.8 Å². The summed E-state index contributed by atoms with van der Waals surface area (Å²) in [5, 5.41) is 0.997. The smallest absolute Gasteiger partial charge is 0.120 e. The number of hydrogen-bond acceptors (Lipinski definition) is 4. The van der Waals surface area contributed by atoms with E-state index in [9.17, 15) is 0 Å². The molecule has 0 unspecified atom stereocenters. The van der Waals surface area contributed by atoms with E-state index < -0.39 is 0 Å². The van der Waals surface area contributed by atoms with Crippen LogP contribution in [0.3, 0.4) is 0 Å². The van der Waals surface area contributed by atoms with Crippen molar-refractivity contribution in [1.29, 1.82) is 0 Å². The van der Waals surface area contributed by atoms with Crippen molar-refractivity contribution in [1.82, 2.24) is 4.98 Å². The van der Waals surface area contributed by atoms with Crippen LogP contribution < -0.4 is 5.73 Å². The molecule has 0 bridgehead atoms. The SMILES string of the molecule is NCCOCc1nc2cc(Br)ccc2s1. The van der Waals surface area contributed by atoms with Gasteiger partial charge in [-0.15, -0.1) is 11.3 Å². The lowest BCUT2D eigenvalue weighted by molar-refractivity contribution is 0.128. The third-order valence-corrected chi connectivity index (χ3v) is 3.38. The van der Waals surface area contributed by atoms with E-state index in [0.717, 1.165) is 15.0 Å². The highest BCUT2D eigenvalue weighted by Gasteiger charge is 2.03. The minimum Gasteiger partial charge on any atom is -0.373 e. The van der Waals surface area contributed by atoms with Crippen molar-refractivity contribution in [2.75, 3.05) is 13.2 Å². The zero-order chi connectivity index (χ0) is 10.7. The highest BCUT2D eigenvalue weighted by Crippen LogP contribution is 2.25. The molecular weight excluding hydrogens is 276 g/mol. The van der Waals surface area contributed by atoms with E-state index in [1.807, 2.05) is 12.1 Å². The molecule has 0 atom stereocenters. The monoisotopic (exact) mass is 286 g/mol. The lowest BCUT2D eigenvalue weighted by Gasteiger charge is -1.96. The molecule has 80 valence electrons. The first-order valence-corrected chi connectivity index (χ1v) is 6.23. The molecule has 0 amide bonds. The van der Waals surface area contributed by atoms with Crippen molar-refractivity contribution in [2.45, 2.75) is 6.61 Å². The molecule has 0 radical (unpaired) electrons. The maximum atomic E-state index is 5.34. The highest BCUT2D eigenvalue weighted by atomic mass is 79.9. The number of ether oxygens (including phenoxy) is 1. The number of rotatable bonds is 4. The van der Waals surface area contributed by atoms with Crippen LogP contribution in [0.15, 0.2) is 22.7 Å². The number of nitrogens with two attached hydrogens (primary N) is 1. The summed E-state index contributed by atoms with van der Waals surface area (Å²) in [6.07, 6.45) is 0. The Morgan fingerprint density at radius 2 is 2.33 bits per heavy atom. The van der Waals surface area contributed by atoms with E-state index in [1.165, 1.54) is 4.70 Å². The second-order valence-corrected chi connectivity index (χ2v) is 5.09. The van der Waals surface area contributed by atoms with Crippen LogP contribution in [0.1, 0.15) is 5.01 Å². The van der Waals surface area contributed by atoms with E-state index in [1.54, 1.807) is 11.3 Å². The van der Waals surface area contributed by atoms with Crippen LogP contribution in [0, 0.1) is 0 Å². The van der Waals surface area contributed by atoms with Gasteiger partial charge in [-0.3, -0.25) is 0 Å². The number of benzene rings is 1. The maximum Gasteiger partial charge on any atom is 0.120 e. The molecule has 2 rings (SSSR count). The molecule has 1 aromatic carbocycles. The van der Waals surface area contributed by atoms with Crippen LogP contribution in [0.25, 0.3) is 10.2 Å². The maximum absolute atomic E-state index is 5.34. The summed E-state index contributed by atoms with van der Waals surface area (Å²) in [5.74, 6) is 0. The molecule has 2 N–H and O–H groups in total. The molecule has 1 heterocycles. The minimum absolute atomic E-state index is 0.550. The van der Waals surface area contributed by atoms with Crippen molar-refractivity contribution in [3.05, 3.63) is 27.7 Å². The first kappa shape index (κ1) is 11.0. The van der Waals surface area contributed by atoms with Crippen LogP contribution in [0.5, 0.6) is 0 Å². The molecule has 5 heteroatoms. The second kappa shape index (κ2) is 5.03. The number of thiazole rings is 1. The van der Waals surface area contributed by atoms with Crippen molar-refractivity contribution >= 4 is 37.5 Å². The standard InChI is InChI=1S/C10H11BrN2OS/c11-7-1-2-9-8(5-7)13-10(15-9)6-14-4-3-12/h1-2,5H,3-4,6,12H2. The van der Waals surface area contributed by atoms with Crippen LogP contribution >= 0.6 is 27.3 Å². The molecule has 0 fully saturated rings. The summed E-state index contributed by atoms with van der Waals surface area (Å²) >= 11 is 5.08. The average molecular weight is 287 g/mol. The van der Waals surface area contributed by atoms with Gasteiger partial charge >= 0.3 is 0 Å². The topological polar surface area (TPSA) is 48.1 Å². The zero-order valence-corrected chi connectivity index (χ0v) is 10.5. The van der Waals surface area contributed by atoms with Crippen molar-refractivity contribution in [3.63, 3.8) is 0 Å². The number of halogens is 1. The second-order valence-electron chi connectivity index (χ2n) is 3.06. The van der Waals surface area contributed by atoms with Gasteiger partial charge in [-0.25, -0.2) is 4.98 Å². The van der Waals surface area contributed by atoms with Crippen molar-refractivity contribution in [2.24, 2.45) is 5.73 Å². The Balaban J connectivity index is 2.16. The van der Waals surface area contributed by atoms with Gasteiger partial charge < -0.3 is 10.5 Å². The van der Waals surface area contributed by atoms with Crippen LogP contribution in [-0.4, -0.2) is 18.1 Å². The molecule has 0 aliphatic heterocycles. The van der Waals surface area contributed by atoms with Crippen molar-refractivity contribution in [3.8, 4) is 0 Å². The average Bonchev–Trinajstić information content (AvgIpc) is 2.60. The van der Waals surface area contributed by atoms with Gasteiger partial charge in [0.15, 0.2) is 0 Å². The Morgan fingerprint density at radius 3 is 3.13 bits per heavy atom. The lowest BCUT2D eigenvalue weighted by Crippen LogP contribution is -2.07. The summed E-state index contributed by atoms with van der Waals surface area (Å²) in [5.41, 5.74) is 6.35. The summed E-state index contributed by atoms with van der Waals surface area (Å²) < 4.78 is 7.58. The van der Waals surface area contributed by atoms with Gasteiger partial charge in [0.1, 0.15) is 5.01 Å². The van der Waals surface area contributed by atoms with Gasteiger partial charge in [0, 0.05) is 11.0 Å². The largest absolute Gasteiger partial charge is 0.373 e. The quantitative estimate of drug-likeness (QED) is 0.879. The molecule has 1 aromatic heterocycles. The van der Waals surface area contributed by atoms with Crippen LogP contribution in [0.2, 0.25) is 0 Å². The first-order valence-electron chi connectivity index (χ1n) is 4.62. The van der Waals surface area contributed by atoms with Crippen LogP contribution in [-0.2, 0) is 11.3 Å². The summed E-state index contributed by atoms with van der Waals surface area (Å²) in [4.78, 5) is 4.47. The Hall–Kier alpha value is -0.490. The van der Waals surface area contributed by atoms with E-state index in [2.05, 4.69) is 27.0 Å². The predicted octanol–water partition coefficient (Wildman–Crippen LogP) is 2.53. The third kappa shape index (κ3) is 2.75. The molecule has 0 saturated heterocycles. The summed E-state index contributed by atoms with van der Waals surface area (Å²) in [6.45, 7) is 1.68. The van der Waals surface area contributed by atoms with Gasteiger partial charge in [-0.2, -0.15) is 0 Å². The normalized spacial score (nSPS) is 11.1. The van der Waals surface area contributed by atoms with Gasteiger partial charge in [-0.05, 0) is 18.2 Å². The summed E-state index contributed by atoms with van der Waals surface area (Å²) in [7, 11) is 0. The molecule has 3 nitrogen and oxygen atoms in total. The predicted molar refractivity (Wildman–Crippen MR) is 66.0 cm³/mol. The number of aromatic nitrogens is 1. The third-order valence-electron chi connectivity index (χ3n) is 1.88.